The molecule has 2 aromatic rings. The monoisotopic (exact) mass is 260 g/mol. The Morgan fingerprint density at radius 3 is 2.58 bits per heavy atom. The van der Waals surface area contributed by atoms with Gasteiger partial charge in [-0.3, -0.25) is 4.79 Å². The van der Waals surface area contributed by atoms with Crippen molar-refractivity contribution in [3.63, 3.8) is 0 Å². The molecule has 3 rings (SSSR count). The van der Waals surface area contributed by atoms with Crippen LogP contribution in [0.4, 0.5) is 0 Å². The average Bonchev–Trinajstić information content (AvgIpc) is 2.86. The number of fused-ring (bicyclic) bond motifs is 1. The van der Waals surface area contributed by atoms with Crippen LogP contribution >= 0.6 is 0 Å². The van der Waals surface area contributed by atoms with E-state index in [1.165, 1.54) is 0 Å². The molecule has 0 aromatic carbocycles. The molecule has 1 aliphatic heterocycles. The number of hydrogen-bond acceptors (Lipinski definition) is 3. The standard InChI is InChI=1S/C14H20N4O/c1-6-7(2)11(16-8(6)3)10-5-15-13-12(10)17-9(4)18-14(13)19/h5-8,11,15-16H,1-4H3,(H,17,18,19). The third-order valence-corrected chi connectivity index (χ3v) is 4.60. The van der Waals surface area contributed by atoms with E-state index in [2.05, 4.69) is 41.0 Å². The van der Waals surface area contributed by atoms with Gasteiger partial charge in [0.25, 0.3) is 5.56 Å². The number of aryl methyl sites for hydroxylation is 1. The molecule has 2 aromatic heterocycles. The van der Waals surface area contributed by atoms with E-state index in [4.69, 9.17) is 0 Å². The predicted molar refractivity (Wildman–Crippen MR) is 75.1 cm³/mol. The molecule has 1 aliphatic rings. The van der Waals surface area contributed by atoms with Crippen LogP contribution in [0.2, 0.25) is 0 Å². The van der Waals surface area contributed by atoms with Crippen LogP contribution in [0.1, 0.15) is 38.2 Å². The summed E-state index contributed by atoms with van der Waals surface area (Å²) in [6, 6.07) is 0.737. The summed E-state index contributed by atoms with van der Waals surface area (Å²) in [4.78, 5) is 22.2. The second-order valence-electron chi connectivity index (χ2n) is 5.77. The second kappa shape index (κ2) is 4.20. The first-order valence-corrected chi connectivity index (χ1v) is 6.83. The Kier molecular flexibility index (Phi) is 2.74. The highest BCUT2D eigenvalue weighted by Gasteiger charge is 2.37. The summed E-state index contributed by atoms with van der Waals surface area (Å²) in [5.41, 5.74) is 2.38. The molecule has 0 spiro atoms. The summed E-state index contributed by atoms with van der Waals surface area (Å²) in [6.45, 7) is 8.54. The summed E-state index contributed by atoms with van der Waals surface area (Å²) in [5, 5.41) is 3.61. The summed E-state index contributed by atoms with van der Waals surface area (Å²) in [7, 11) is 0. The van der Waals surface area contributed by atoms with Crippen molar-refractivity contribution in [2.45, 2.75) is 39.8 Å². The van der Waals surface area contributed by atoms with Gasteiger partial charge in [0.05, 0.1) is 0 Å². The Bertz CT molecular complexity index is 672. The maximum absolute atomic E-state index is 11.9. The minimum Gasteiger partial charge on any atom is -0.355 e. The maximum atomic E-state index is 11.9. The van der Waals surface area contributed by atoms with Gasteiger partial charge in [-0.05, 0) is 25.7 Å². The zero-order valence-electron chi connectivity index (χ0n) is 11.7. The van der Waals surface area contributed by atoms with Crippen molar-refractivity contribution >= 4 is 11.0 Å². The van der Waals surface area contributed by atoms with Gasteiger partial charge in [0.1, 0.15) is 16.9 Å². The van der Waals surface area contributed by atoms with Gasteiger partial charge in [-0.1, -0.05) is 13.8 Å². The van der Waals surface area contributed by atoms with Crippen molar-refractivity contribution in [3.8, 4) is 0 Å². The minimum absolute atomic E-state index is 0.0968. The SMILES string of the molecule is Cc1nc2c(C3NC(C)C(C)C3C)c[nH]c2c(=O)[nH]1. The molecule has 3 heterocycles. The summed E-state index contributed by atoms with van der Waals surface area (Å²) in [5.74, 6) is 1.79. The molecule has 102 valence electrons. The van der Waals surface area contributed by atoms with Gasteiger partial charge in [-0.15, -0.1) is 0 Å². The Morgan fingerprint density at radius 1 is 1.21 bits per heavy atom. The average molecular weight is 260 g/mol. The third-order valence-electron chi connectivity index (χ3n) is 4.60. The fraction of sp³-hybridized carbons (Fsp3) is 0.571. The molecule has 3 N–H and O–H groups in total. The number of aromatic amines is 2. The fourth-order valence-corrected chi connectivity index (χ4v) is 3.10. The largest absolute Gasteiger partial charge is 0.355 e. The Labute approximate surface area is 111 Å². The van der Waals surface area contributed by atoms with Crippen LogP contribution in [-0.4, -0.2) is 21.0 Å². The van der Waals surface area contributed by atoms with Crippen LogP contribution in [0.25, 0.3) is 11.0 Å². The van der Waals surface area contributed by atoms with E-state index in [0.29, 0.717) is 29.2 Å². The van der Waals surface area contributed by atoms with Crippen LogP contribution in [0.15, 0.2) is 11.0 Å². The fourth-order valence-electron chi connectivity index (χ4n) is 3.10. The van der Waals surface area contributed by atoms with Crippen molar-refractivity contribution in [2.24, 2.45) is 11.8 Å². The lowest BCUT2D eigenvalue weighted by molar-refractivity contribution is 0.408. The van der Waals surface area contributed by atoms with Crippen LogP contribution in [0.5, 0.6) is 0 Å². The smallest absolute Gasteiger partial charge is 0.275 e. The van der Waals surface area contributed by atoms with E-state index in [1.54, 1.807) is 0 Å². The van der Waals surface area contributed by atoms with Crippen LogP contribution < -0.4 is 10.9 Å². The lowest BCUT2D eigenvalue weighted by atomic mass is 9.88. The number of hydrogen-bond donors (Lipinski definition) is 3. The molecule has 0 amide bonds. The van der Waals surface area contributed by atoms with Gasteiger partial charge in [-0.2, -0.15) is 0 Å². The normalized spacial score (nSPS) is 31.2. The molecule has 4 unspecified atom stereocenters. The van der Waals surface area contributed by atoms with Gasteiger partial charge in [0, 0.05) is 23.8 Å². The highest BCUT2D eigenvalue weighted by Crippen LogP contribution is 2.38. The maximum Gasteiger partial charge on any atom is 0.275 e. The van der Waals surface area contributed by atoms with Gasteiger partial charge >= 0.3 is 0 Å². The number of rotatable bonds is 1. The minimum atomic E-state index is -0.0968. The van der Waals surface area contributed by atoms with E-state index < -0.39 is 0 Å². The summed E-state index contributed by atoms with van der Waals surface area (Å²) in [6.07, 6.45) is 1.92. The Morgan fingerprint density at radius 2 is 1.95 bits per heavy atom. The lowest BCUT2D eigenvalue weighted by Crippen LogP contribution is -2.23. The molecule has 5 nitrogen and oxygen atoms in total. The molecule has 4 atom stereocenters. The summed E-state index contributed by atoms with van der Waals surface area (Å²) >= 11 is 0. The Balaban J connectivity index is 2.14. The molecule has 0 saturated carbocycles. The first kappa shape index (κ1) is 12.4. The van der Waals surface area contributed by atoms with E-state index in [0.717, 1.165) is 11.1 Å². The molecule has 0 radical (unpaired) electrons. The van der Waals surface area contributed by atoms with Crippen LogP contribution in [0, 0.1) is 18.8 Å². The van der Waals surface area contributed by atoms with E-state index in [-0.39, 0.29) is 11.6 Å². The molecule has 19 heavy (non-hydrogen) atoms. The third kappa shape index (κ3) is 1.80. The quantitative estimate of drug-likeness (QED) is 0.732. The van der Waals surface area contributed by atoms with Gasteiger partial charge in [0.2, 0.25) is 0 Å². The number of nitrogens with zero attached hydrogens (tertiary/aromatic N) is 1. The molecular weight excluding hydrogens is 240 g/mol. The lowest BCUT2D eigenvalue weighted by Gasteiger charge is -2.16. The zero-order valence-corrected chi connectivity index (χ0v) is 11.7. The number of aromatic nitrogens is 3. The first-order chi connectivity index (χ1) is 8.99. The molecule has 1 saturated heterocycles. The molecule has 5 heteroatoms. The first-order valence-electron chi connectivity index (χ1n) is 6.83. The predicted octanol–water partition coefficient (Wildman–Crippen LogP) is 1.86. The van der Waals surface area contributed by atoms with Crippen molar-refractivity contribution < 1.29 is 0 Å². The number of nitrogens with one attached hydrogen (secondary N) is 3. The molecule has 1 fully saturated rings. The van der Waals surface area contributed by atoms with Crippen molar-refractivity contribution in [2.75, 3.05) is 0 Å². The van der Waals surface area contributed by atoms with Gasteiger partial charge < -0.3 is 15.3 Å². The Hall–Kier alpha value is -1.62. The summed E-state index contributed by atoms with van der Waals surface area (Å²) < 4.78 is 0. The van der Waals surface area contributed by atoms with Crippen molar-refractivity contribution in [1.82, 2.24) is 20.3 Å². The molecule has 0 bridgehead atoms. The zero-order chi connectivity index (χ0) is 13.7. The highest BCUT2D eigenvalue weighted by molar-refractivity contribution is 5.78. The number of H-pyrrole nitrogens is 2. The van der Waals surface area contributed by atoms with Crippen LogP contribution in [-0.2, 0) is 0 Å². The van der Waals surface area contributed by atoms with E-state index >= 15 is 0 Å². The second-order valence-corrected chi connectivity index (χ2v) is 5.77. The topological polar surface area (TPSA) is 73.6 Å². The highest BCUT2D eigenvalue weighted by atomic mass is 16.1. The molecular formula is C14H20N4O. The van der Waals surface area contributed by atoms with Crippen molar-refractivity contribution in [3.05, 3.63) is 27.9 Å². The van der Waals surface area contributed by atoms with Crippen molar-refractivity contribution in [1.29, 1.82) is 0 Å². The van der Waals surface area contributed by atoms with Gasteiger partial charge in [0.15, 0.2) is 0 Å². The van der Waals surface area contributed by atoms with Gasteiger partial charge in [-0.25, -0.2) is 4.98 Å². The van der Waals surface area contributed by atoms with E-state index in [9.17, 15) is 4.79 Å². The van der Waals surface area contributed by atoms with E-state index in [1.807, 2.05) is 13.1 Å². The molecule has 0 aliphatic carbocycles. The van der Waals surface area contributed by atoms with Crippen LogP contribution in [0.3, 0.4) is 0 Å².